The van der Waals surface area contributed by atoms with E-state index in [1.165, 1.54) is 38.0 Å². The second kappa shape index (κ2) is 7.57. The summed E-state index contributed by atoms with van der Waals surface area (Å²) >= 11 is 0. The quantitative estimate of drug-likeness (QED) is 0.371. The molecule has 6 rings (SSSR count). The van der Waals surface area contributed by atoms with Crippen LogP contribution in [-0.4, -0.2) is 27.6 Å². The van der Waals surface area contributed by atoms with Crippen molar-refractivity contribution < 1.29 is 0 Å². The summed E-state index contributed by atoms with van der Waals surface area (Å²) in [4.78, 5) is 12.4. The molecule has 33 heavy (non-hydrogen) atoms. The molecule has 0 unspecified atom stereocenters. The van der Waals surface area contributed by atoms with Gasteiger partial charge in [0.05, 0.1) is 11.0 Å². The van der Waals surface area contributed by atoms with E-state index in [4.69, 9.17) is 4.98 Å². The Bertz CT molecular complexity index is 1580. The fourth-order valence-electron chi connectivity index (χ4n) is 4.73. The first-order chi connectivity index (χ1) is 16.1. The number of hydrogen-bond acceptors (Lipinski definition) is 2. The summed E-state index contributed by atoms with van der Waals surface area (Å²) in [5.41, 5.74) is 4.64. The molecule has 0 bridgehead atoms. The van der Waals surface area contributed by atoms with Crippen molar-refractivity contribution in [3.63, 3.8) is 0 Å². The van der Waals surface area contributed by atoms with Crippen LogP contribution in [0.2, 0.25) is 13.1 Å². The van der Waals surface area contributed by atoms with Crippen LogP contribution in [0.3, 0.4) is 0 Å². The SMILES string of the molecule is C[Si](C)(c1cccc(-n2c3ccccc3c3ccc(-c4ncc[nH]4)cc32)c1)c1ccccn1. The molecule has 3 aromatic carbocycles. The van der Waals surface area contributed by atoms with Crippen molar-refractivity contribution in [2.75, 3.05) is 0 Å². The molecule has 0 spiro atoms. The molecule has 5 heteroatoms. The number of nitrogens with one attached hydrogen (secondary N) is 1. The predicted molar refractivity (Wildman–Crippen MR) is 139 cm³/mol. The third kappa shape index (κ3) is 3.20. The molecule has 0 fully saturated rings. The summed E-state index contributed by atoms with van der Waals surface area (Å²) in [6.45, 7) is 4.74. The van der Waals surface area contributed by atoms with Gasteiger partial charge in [0.15, 0.2) is 0 Å². The minimum absolute atomic E-state index is 0.881. The van der Waals surface area contributed by atoms with Crippen molar-refractivity contribution in [2.24, 2.45) is 0 Å². The number of rotatable bonds is 4. The monoisotopic (exact) mass is 444 g/mol. The lowest BCUT2D eigenvalue weighted by Gasteiger charge is -2.23. The number of aromatic nitrogens is 4. The maximum Gasteiger partial charge on any atom is 0.137 e. The number of imidazole rings is 1. The number of fused-ring (bicyclic) bond motifs is 3. The van der Waals surface area contributed by atoms with E-state index >= 15 is 0 Å². The number of hydrogen-bond donors (Lipinski definition) is 1. The normalized spacial score (nSPS) is 11.9. The maximum absolute atomic E-state index is 4.70. The second-order valence-corrected chi connectivity index (χ2v) is 13.3. The fraction of sp³-hybridized carbons (Fsp3) is 0.0714. The van der Waals surface area contributed by atoms with E-state index in [2.05, 4.69) is 106 Å². The van der Waals surface area contributed by atoms with Crippen molar-refractivity contribution in [1.29, 1.82) is 0 Å². The summed E-state index contributed by atoms with van der Waals surface area (Å²) in [6, 6.07) is 30.5. The van der Waals surface area contributed by atoms with Crippen molar-refractivity contribution in [3.05, 3.63) is 104 Å². The Labute approximate surface area is 193 Å². The summed E-state index contributed by atoms with van der Waals surface area (Å²) in [5, 5.41) is 5.06. The van der Waals surface area contributed by atoms with Crippen LogP contribution in [0, 0.1) is 0 Å². The first-order valence-electron chi connectivity index (χ1n) is 11.2. The molecule has 0 saturated heterocycles. The van der Waals surface area contributed by atoms with Crippen molar-refractivity contribution in [3.8, 4) is 17.1 Å². The number of para-hydroxylation sites is 1. The molecule has 0 atom stereocenters. The highest BCUT2D eigenvalue weighted by molar-refractivity contribution is 6.99. The van der Waals surface area contributed by atoms with E-state index in [1.807, 2.05) is 18.5 Å². The van der Waals surface area contributed by atoms with Gasteiger partial charge in [-0.3, -0.25) is 4.98 Å². The Balaban J connectivity index is 1.59. The number of pyridine rings is 1. The lowest BCUT2D eigenvalue weighted by molar-refractivity contribution is 1.18. The number of H-pyrrole nitrogens is 1. The van der Waals surface area contributed by atoms with Gasteiger partial charge in [-0.05, 0) is 36.4 Å². The summed E-state index contributed by atoms with van der Waals surface area (Å²) in [6.07, 6.45) is 5.56. The number of nitrogens with zero attached hydrogens (tertiary/aromatic N) is 3. The fourth-order valence-corrected chi connectivity index (χ4v) is 6.96. The molecule has 0 aliphatic carbocycles. The lowest BCUT2D eigenvalue weighted by Crippen LogP contribution is -2.54. The van der Waals surface area contributed by atoms with Crippen LogP contribution in [0.25, 0.3) is 38.9 Å². The van der Waals surface area contributed by atoms with E-state index in [9.17, 15) is 0 Å². The van der Waals surface area contributed by atoms with Crippen LogP contribution in [0.5, 0.6) is 0 Å². The zero-order valence-electron chi connectivity index (χ0n) is 18.7. The molecule has 3 heterocycles. The van der Waals surface area contributed by atoms with E-state index in [-0.39, 0.29) is 0 Å². The number of benzene rings is 3. The Morgan fingerprint density at radius 3 is 2.39 bits per heavy atom. The van der Waals surface area contributed by atoms with Gasteiger partial charge in [0, 0.05) is 45.9 Å². The van der Waals surface area contributed by atoms with E-state index in [1.54, 1.807) is 6.20 Å². The molecule has 4 nitrogen and oxygen atoms in total. The molecular weight excluding hydrogens is 420 g/mol. The molecule has 160 valence electrons. The van der Waals surface area contributed by atoms with Gasteiger partial charge in [0.25, 0.3) is 0 Å². The molecule has 6 aromatic rings. The van der Waals surface area contributed by atoms with Crippen LogP contribution >= 0.6 is 0 Å². The van der Waals surface area contributed by atoms with Gasteiger partial charge in [-0.15, -0.1) is 0 Å². The van der Waals surface area contributed by atoms with Gasteiger partial charge in [0.2, 0.25) is 0 Å². The first-order valence-corrected chi connectivity index (χ1v) is 14.2. The van der Waals surface area contributed by atoms with Crippen molar-refractivity contribution in [1.82, 2.24) is 19.5 Å². The molecule has 0 aliphatic rings. The highest BCUT2D eigenvalue weighted by Gasteiger charge is 2.28. The van der Waals surface area contributed by atoms with Gasteiger partial charge in [-0.1, -0.05) is 66.8 Å². The van der Waals surface area contributed by atoms with Crippen molar-refractivity contribution in [2.45, 2.75) is 13.1 Å². The molecule has 0 aliphatic heterocycles. The summed E-state index contributed by atoms with van der Waals surface area (Å²) in [5.74, 6) is 0.881. The van der Waals surface area contributed by atoms with Crippen molar-refractivity contribution >= 4 is 40.4 Å². The van der Waals surface area contributed by atoms with Gasteiger partial charge in [-0.25, -0.2) is 4.98 Å². The zero-order valence-corrected chi connectivity index (χ0v) is 19.7. The third-order valence-electron chi connectivity index (χ3n) is 6.58. The van der Waals surface area contributed by atoms with Crippen LogP contribution in [-0.2, 0) is 0 Å². The third-order valence-corrected chi connectivity index (χ3v) is 9.91. The summed E-state index contributed by atoms with van der Waals surface area (Å²) in [7, 11) is -1.93. The molecule has 0 radical (unpaired) electrons. The molecular formula is C28H24N4Si. The minimum Gasteiger partial charge on any atom is -0.345 e. The second-order valence-electron chi connectivity index (χ2n) is 8.91. The Hall–Kier alpha value is -3.96. The van der Waals surface area contributed by atoms with Gasteiger partial charge in [-0.2, -0.15) is 0 Å². The Kier molecular flexibility index (Phi) is 4.52. The highest BCUT2D eigenvalue weighted by Crippen LogP contribution is 2.34. The van der Waals surface area contributed by atoms with Gasteiger partial charge < -0.3 is 9.55 Å². The number of aromatic amines is 1. The molecule has 0 saturated carbocycles. The van der Waals surface area contributed by atoms with Gasteiger partial charge >= 0.3 is 0 Å². The summed E-state index contributed by atoms with van der Waals surface area (Å²) < 4.78 is 2.38. The standard InChI is InChI=1S/C28H24N4Si/c1-33(2,27-12-5-6-15-29-27)22-9-7-8-21(19-22)32-25-11-4-3-10-23(25)24-14-13-20(18-26(24)32)28-30-16-17-31-28/h3-19H,1-2H3,(H,30,31). The van der Waals surface area contributed by atoms with E-state index in [0.29, 0.717) is 0 Å². The average Bonchev–Trinajstić information content (AvgIpc) is 3.51. The Morgan fingerprint density at radius 2 is 1.58 bits per heavy atom. The average molecular weight is 445 g/mol. The Morgan fingerprint density at radius 1 is 0.727 bits per heavy atom. The van der Waals surface area contributed by atoms with Crippen LogP contribution in [0.4, 0.5) is 0 Å². The van der Waals surface area contributed by atoms with Crippen LogP contribution < -0.4 is 10.5 Å². The zero-order chi connectivity index (χ0) is 22.4. The predicted octanol–water partition coefficient (Wildman–Crippen LogP) is 5.39. The minimum atomic E-state index is -1.93. The first kappa shape index (κ1) is 19.7. The smallest absolute Gasteiger partial charge is 0.137 e. The van der Waals surface area contributed by atoms with E-state index in [0.717, 1.165) is 11.4 Å². The molecule has 0 amide bonds. The largest absolute Gasteiger partial charge is 0.345 e. The lowest BCUT2D eigenvalue weighted by atomic mass is 10.1. The van der Waals surface area contributed by atoms with Gasteiger partial charge in [0.1, 0.15) is 13.9 Å². The van der Waals surface area contributed by atoms with Crippen LogP contribution in [0.15, 0.2) is 104 Å². The highest BCUT2D eigenvalue weighted by atomic mass is 28.3. The van der Waals surface area contributed by atoms with Crippen LogP contribution in [0.1, 0.15) is 0 Å². The van der Waals surface area contributed by atoms with E-state index < -0.39 is 8.07 Å². The maximum atomic E-state index is 4.70. The molecule has 3 aromatic heterocycles. The molecule has 1 N–H and O–H groups in total. The topological polar surface area (TPSA) is 46.5 Å².